The summed E-state index contributed by atoms with van der Waals surface area (Å²) >= 11 is 0. The second-order valence-electron chi connectivity index (χ2n) is 5.24. The van der Waals surface area contributed by atoms with Crippen LogP contribution in [-0.2, 0) is 10.3 Å². The van der Waals surface area contributed by atoms with Crippen LogP contribution < -0.4 is 34.3 Å². The molecule has 0 aliphatic rings. The second-order valence-corrected chi connectivity index (χ2v) is 6.43. The van der Waals surface area contributed by atoms with Crippen LogP contribution in [0.1, 0.15) is 84.0 Å². The molecule has 0 aliphatic heterocycles. The number of nitrogens with one attached hydrogen (secondary N) is 1. The zero-order valence-electron chi connectivity index (χ0n) is 13.3. The first-order chi connectivity index (χ1) is 9.06. The topological polar surface area (TPSA) is 69.2 Å². The van der Waals surface area contributed by atoms with Crippen molar-refractivity contribution in [2.24, 2.45) is 0 Å². The summed E-state index contributed by atoms with van der Waals surface area (Å²) in [6.45, 7) is 2.52. The van der Waals surface area contributed by atoms with E-state index in [1.165, 1.54) is 57.8 Å². The van der Waals surface area contributed by atoms with Gasteiger partial charge in [-0.3, -0.25) is 0 Å². The Balaban J connectivity index is 0. The second kappa shape index (κ2) is 16.2. The molecule has 0 saturated heterocycles. The Labute approximate surface area is 147 Å². The van der Waals surface area contributed by atoms with Crippen LogP contribution in [0.3, 0.4) is 0 Å². The standard InChI is InChI=1S/C14H31NO3S.Na/c1-2-3-4-5-6-7-8-9-10-11-12-13-14-15-19(16,17)18;/h15H,2-14H2,1H3,(H,16,17,18);/q;+1/p-1. The Morgan fingerprint density at radius 2 is 1.10 bits per heavy atom. The molecule has 20 heavy (non-hydrogen) atoms. The molecule has 0 rings (SSSR count). The molecular weight excluding hydrogens is 285 g/mol. The smallest absolute Gasteiger partial charge is 0.735 e. The van der Waals surface area contributed by atoms with E-state index in [0.717, 1.165) is 19.3 Å². The maximum atomic E-state index is 10.3. The Kier molecular flexibility index (Phi) is 18.8. The van der Waals surface area contributed by atoms with Crippen molar-refractivity contribution in [1.82, 2.24) is 4.72 Å². The fraction of sp³-hybridized carbons (Fsp3) is 1.00. The fourth-order valence-electron chi connectivity index (χ4n) is 2.16. The van der Waals surface area contributed by atoms with Crippen molar-refractivity contribution < 1.29 is 42.5 Å². The van der Waals surface area contributed by atoms with Crippen LogP contribution in [0.25, 0.3) is 0 Å². The van der Waals surface area contributed by atoms with E-state index in [-0.39, 0.29) is 36.1 Å². The summed E-state index contributed by atoms with van der Waals surface area (Å²) in [5.74, 6) is 0. The Morgan fingerprint density at radius 1 is 0.750 bits per heavy atom. The normalized spacial score (nSPS) is 11.3. The quantitative estimate of drug-likeness (QED) is 0.292. The molecule has 0 aromatic heterocycles. The molecule has 0 aromatic rings. The average Bonchev–Trinajstić information content (AvgIpc) is 2.34. The largest absolute Gasteiger partial charge is 1.00 e. The molecule has 0 aliphatic carbocycles. The van der Waals surface area contributed by atoms with Crippen molar-refractivity contribution in [3.8, 4) is 0 Å². The fourth-order valence-corrected chi connectivity index (χ4v) is 2.56. The summed E-state index contributed by atoms with van der Waals surface area (Å²) in [6.07, 6.45) is 14.9. The van der Waals surface area contributed by atoms with Crippen LogP contribution >= 0.6 is 0 Å². The molecule has 0 amide bonds. The first-order valence-electron chi connectivity index (χ1n) is 7.76. The Hall–Kier alpha value is 0.870. The van der Waals surface area contributed by atoms with Gasteiger partial charge in [0.15, 0.2) is 10.3 Å². The summed E-state index contributed by atoms with van der Waals surface area (Å²) in [6, 6.07) is 0. The summed E-state index contributed by atoms with van der Waals surface area (Å²) < 4.78 is 32.8. The monoisotopic (exact) mass is 315 g/mol. The molecule has 4 nitrogen and oxygen atoms in total. The zero-order chi connectivity index (χ0) is 14.4. The van der Waals surface area contributed by atoms with Crippen LogP contribution in [-0.4, -0.2) is 19.5 Å². The molecule has 0 unspecified atom stereocenters. The number of unbranched alkanes of at least 4 members (excludes halogenated alkanes) is 11. The molecule has 0 bridgehead atoms. The van der Waals surface area contributed by atoms with Crippen LogP contribution in [0.15, 0.2) is 0 Å². The molecule has 0 aromatic carbocycles. The third kappa shape index (κ3) is 21.2. The van der Waals surface area contributed by atoms with Gasteiger partial charge in [0.2, 0.25) is 0 Å². The summed E-state index contributed by atoms with van der Waals surface area (Å²) in [5.41, 5.74) is 0. The molecule has 6 heteroatoms. The third-order valence-electron chi connectivity index (χ3n) is 3.31. The van der Waals surface area contributed by atoms with E-state index < -0.39 is 10.3 Å². The van der Waals surface area contributed by atoms with Gasteiger partial charge in [0.25, 0.3) is 0 Å². The van der Waals surface area contributed by atoms with Gasteiger partial charge < -0.3 is 4.55 Å². The third-order valence-corrected chi connectivity index (χ3v) is 3.87. The van der Waals surface area contributed by atoms with Crippen molar-refractivity contribution in [1.29, 1.82) is 0 Å². The molecule has 1 N–H and O–H groups in total. The molecule has 0 saturated carbocycles. The van der Waals surface area contributed by atoms with E-state index in [0.29, 0.717) is 0 Å². The van der Waals surface area contributed by atoms with Crippen molar-refractivity contribution in [2.45, 2.75) is 84.0 Å². The maximum absolute atomic E-state index is 10.3. The molecular formula is C14H30NNaO3S. The predicted molar refractivity (Wildman–Crippen MR) is 78.8 cm³/mol. The van der Waals surface area contributed by atoms with Gasteiger partial charge in [-0.25, -0.2) is 13.1 Å². The summed E-state index contributed by atoms with van der Waals surface area (Å²) in [5, 5.41) is 0. The van der Waals surface area contributed by atoms with E-state index >= 15 is 0 Å². The van der Waals surface area contributed by atoms with Gasteiger partial charge in [-0.05, 0) is 6.42 Å². The van der Waals surface area contributed by atoms with Crippen molar-refractivity contribution in [3.63, 3.8) is 0 Å². The van der Waals surface area contributed by atoms with E-state index in [1.54, 1.807) is 0 Å². The zero-order valence-corrected chi connectivity index (χ0v) is 16.1. The molecule has 0 heterocycles. The minimum atomic E-state index is -4.24. The van der Waals surface area contributed by atoms with Gasteiger partial charge in [-0.1, -0.05) is 77.6 Å². The first kappa shape index (κ1) is 23.1. The van der Waals surface area contributed by atoms with Gasteiger partial charge in [0, 0.05) is 6.54 Å². The van der Waals surface area contributed by atoms with E-state index in [1.807, 2.05) is 4.72 Å². The van der Waals surface area contributed by atoms with Gasteiger partial charge in [0.05, 0.1) is 0 Å². The van der Waals surface area contributed by atoms with Crippen molar-refractivity contribution in [2.75, 3.05) is 6.54 Å². The first-order valence-corrected chi connectivity index (χ1v) is 9.17. The molecule has 116 valence electrons. The molecule has 0 fully saturated rings. The number of hydrogen-bond acceptors (Lipinski definition) is 3. The van der Waals surface area contributed by atoms with Crippen molar-refractivity contribution in [3.05, 3.63) is 0 Å². The predicted octanol–water partition coefficient (Wildman–Crippen LogP) is 0.741. The minimum Gasteiger partial charge on any atom is -0.735 e. The minimum absolute atomic E-state index is 0. The Morgan fingerprint density at radius 3 is 1.45 bits per heavy atom. The number of rotatable bonds is 14. The molecule has 0 spiro atoms. The number of hydrogen-bond donors (Lipinski definition) is 1. The van der Waals surface area contributed by atoms with Gasteiger partial charge >= 0.3 is 29.6 Å². The average molecular weight is 315 g/mol. The molecule has 0 atom stereocenters. The van der Waals surface area contributed by atoms with Crippen LogP contribution in [0.4, 0.5) is 0 Å². The van der Waals surface area contributed by atoms with E-state index in [4.69, 9.17) is 0 Å². The summed E-state index contributed by atoms with van der Waals surface area (Å²) in [4.78, 5) is 0. The van der Waals surface area contributed by atoms with E-state index in [9.17, 15) is 13.0 Å². The van der Waals surface area contributed by atoms with Crippen LogP contribution in [0.2, 0.25) is 0 Å². The SMILES string of the molecule is CCCCCCCCCCCCCCNS(=O)(=O)[O-].[Na+]. The van der Waals surface area contributed by atoms with E-state index in [2.05, 4.69) is 6.92 Å². The molecule has 0 radical (unpaired) electrons. The van der Waals surface area contributed by atoms with Crippen molar-refractivity contribution >= 4 is 10.3 Å². The van der Waals surface area contributed by atoms with Gasteiger partial charge in [-0.15, -0.1) is 0 Å². The Bertz CT molecular complexity index is 284. The van der Waals surface area contributed by atoms with Gasteiger partial charge in [0.1, 0.15) is 0 Å². The van der Waals surface area contributed by atoms with Gasteiger partial charge in [-0.2, -0.15) is 0 Å². The van der Waals surface area contributed by atoms with Crippen LogP contribution in [0.5, 0.6) is 0 Å². The summed E-state index contributed by atoms with van der Waals surface area (Å²) in [7, 11) is -4.24. The maximum Gasteiger partial charge on any atom is 1.00 e. The van der Waals surface area contributed by atoms with Crippen LogP contribution in [0, 0.1) is 0 Å².